The molecule has 0 saturated carbocycles. The van der Waals surface area contributed by atoms with Gasteiger partial charge >= 0.3 is 6.18 Å². The zero-order valence-corrected chi connectivity index (χ0v) is 14.5. The maximum atomic E-state index is 13.1. The van der Waals surface area contributed by atoms with Crippen LogP contribution in [-0.2, 0) is 29.8 Å². The molecule has 0 unspecified atom stereocenters. The third-order valence-electron chi connectivity index (χ3n) is 3.92. The van der Waals surface area contributed by atoms with Gasteiger partial charge in [0, 0.05) is 31.9 Å². The first kappa shape index (κ1) is 18.5. The summed E-state index contributed by atoms with van der Waals surface area (Å²) in [4.78, 5) is -0.751. The van der Waals surface area contributed by atoms with E-state index in [9.17, 15) is 21.6 Å². The van der Waals surface area contributed by atoms with Crippen molar-refractivity contribution < 1.29 is 21.6 Å². The van der Waals surface area contributed by atoms with E-state index in [-0.39, 0.29) is 6.54 Å². The lowest BCUT2D eigenvalue weighted by Crippen LogP contribution is -2.29. The second-order valence-corrected chi connectivity index (χ2v) is 7.54. The second kappa shape index (κ2) is 6.21. The van der Waals surface area contributed by atoms with Gasteiger partial charge in [-0.2, -0.15) is 22.6 Å². The largest absolute Gasteiger partial charge is 0.417 e. The highest BCUT2D eigenvalue weighted by Gasteiger charge is 2.38. The lowest BCUT2D eigenvalue weighted by atomic mass is 10.2. The molecule has 1 heterocycles. The van der Waals surface area contributed by atoms with E-state index < -0.39 is 26.7 Å². The molecule has 9 heteroatoms. The molecule has 0 atom stereocenters. The van der Waals surface area contributed by atoms with E-state index in [1.807, 2.05) is 0 Å². The molecule has 0 amide bonds. The van der Waals surface area contributed by atoms with Gasteiger partial charge in [0.2, 0.25) is 10.0 Å². The Morgan fingerprint density at radius 2 is 1.79 bits per heavy atom. The fourth-order valence-corrected chi connectivity index (χ4v) is 3.79. The van der Waals surface area contributed by atoms with Crippen molar-refractivity contribution in [1.29, 1.82) is 0 Å². The quantitative estimate of drug-likeness (QED) is 0.841. The van der Waals surface area contributed by atoms with Crippen LogP contribution in [0.3, 0.4) is 0 Å². The second-order valence-electron chi connectivity index (χ2n) is 5.53. The van der Waals surface area contributed by atoms with Gasteiger partial charge in [0.1, 0.15) is 0 Å². The van der Waals surface area contributed by atoms with Gasteiger partial charge < -0.3 is 0 Å². The first-order chi connectivity index (χ1) is 11.0. The molecule has 0 bridgehead atoms. The molecule has 1 aromatic heterocycles. The highest BCUT2D eigenvalue weighted by atomic mass is 32.2. The Kier molecular flexibility index (Phi) is 4.78. The molecule has 2 aromatic rings. The maximum Gasteiger partial charge on any atom is 0.417 e. The van der Waals surface area contributed by atoms with E-state index in [1.165, 1.54) is 13.1 Å². The van der Waals surface area contributed by atoms with Crippen molar-refractivity contribution in [3.63, 3.8) is 0 Å². The SMILES string of the molecule is Cc1nn(C)c(C)c1CN(C)S(=O)(=O)c1ccccc1C(F)(F)F. The molecule has 0 radical (unpaired) electrons. The van der Waals surface area contributed by atoms with Gasteiger partial charge in [-0.25, -0.2) is 8.42 Å². The van der Waals surface area contributed by atoms with Gasteiger partial charge in [0.15, 0.2) is 0 Å². The van der Waals surface area contributed by atoms with Gasteiger partial charge in [-0.15, -0.1) is 0 Å². The molecule has 0 N–H and O–H groups in total. The fourth-order valence-electron chi connectivity index (χ4n) is 2.45. The summed E-state index contributed by atoms with van der Waals surface area (Å²) in [7, 11) is -1.32. The molecule has 0 aliphatic heterocycles. The smallest absolute Gasteiger partial charge is 0.272 e. The summed E-state index contributed by atoms with van der Waals surface area (Å²) in [6.07, 6.45) is -4.75. The highest BCUT2D eigenvalue weighted by Crippen LogP contribution is 2.35. The van der Waals surface area contributed by atoms with E-state index in [2.05, 4.69) is 5.10 Å². The van der Waals surface area contributed by atoms with Gasteiger partial charge in [-0.3, -0.25) is 4.68 Å². The predicted molar refractivity (Wildman–Crippen MR) is 82.8 cm³/mol. The van der Waals surface area contributed by atoms with Gasteiger partial charge in [-0.05, 0) is 26.0 Å². The average molecular weight is 361 g/mol. The Hall–Kier alpha value is -1.87. The predicted octanol–water partition coefficient (Wildman–Crippen LogP) is 2.88. The molecule has 0 spiro atoms. The third kappa shape index (κ3) is 3.32. The third-order valence-corrected chi connectivity index (χ3v) is 5.78. The molecule has 1 aromatic carbocycles. The number of alkyl halides is 3. The molecule has 0 saturated heterocycles. The zero-order chi connectivity index (χ0) is 18.3. The summed E-state index contributed by atoms with van der Waals surface area (Å²) < 4.78 is 67.1. The monoisotopic (exact) mass is 361 g/mol. The van der Waals surface area contributed by atoms with Gasteiger partial charge in [0.05, 0.1) is 16.2 Å². The van der Waals surface area contributed by atoms with E-state index in [1.54, 1.807) is 25.6 Å². The van der Waals surface area contributed by atoms with E-state index in [0.29, 0.717) is 11.3 Å². The number of hydrogen-bond acceptors (Lipinski definition) is 3. The minimum absolute atomic E-state index is 0.0555. The molecular weight excluding hydrogens is 343 g/mol. The first-order valence-corrected chi connectivity index (χ1v) is 8.52. The van der Waals surface area contributed by atoms with Crippen molar-refractivity contribution in [3.8, 4) is 0 Å². The summed E-state index contributed by atoms with van der Waals surface area (Å²) >= 11 is 0. The lowest BCUT2D eigenvalue weighted by Gasteiger charge is -2.20. The summed E-state index contributed by atoms with van der Waals surface area (Å²) in [5, 5.41) is 4.19. The number of rotatable bonds is 4. The summed E-state index contributed by atoms with van der Waals surface area (Å²) in [5.41, 5.74) is 0.907. The average Bonchev–Trinajstić information content (AvgIpc) is 2.72. The van der Waals surface area contributed by atoms with Gasteiger partial charge in [0.25, 0.3) is 0 Å². The molecule has 0 aliphatic carbocycles. The Labute approximate surface area is 138 Å². The zero-order valence-electron chi connectivity index (χ0n) is 13.7. The summed E-state index contributed by atoms with van der Waals surface area (Å²) in [5.74, 6) is 0. The number of hydrogen-bond donors (Lipinski definition) is 0. The van der Waals surface area contributed by atoms with Crippen LogP contribution in [0.1, 0.15) is 22.5 Å². The van der Waals surface area contributed by atoms with Crippen LogP contribution in [0.25, 0.3) is 0 Å². The standard InChI is InChI=1S/C15H18F3N3O2S/c1-10-12(11(2)21(4)19-10)9-20(3)24(22,23)14-8-6-5-7-13(14)15(16,17)18/h5-8H,9H2,1-4H3. The maximum absolute atomic E-state index is 13.1. The fraction of sp³-hybridized carbons (Fsp3) is 0.400. The molecular formula is C15H18F3N3O2S. The van der Waals surface area contributed by atoms with Crippen LogP contribution in [0.15, 0.2) is 29.2 Å². The van der Waals surface area contributed by atoms with E-state index in [0.717, 1.165) is 28.2 Å². The van der Waals surface area contributed by atoms with Crippen molar-refractivity contribution in [2.45, 2.75) is 31.5 Å². The number of aromatic nitrogens is 2. The molecule has 0 aliphatic rings. The Bertz CT molecular complexity index is 857. The summed E-state index contributed by atoms with van der Waals surface area (Å²) in [6, 6.07) is 4.17. The van der Waals surface area contributed by atoms with E-state index in [4.69, 9.17) is 0 Å². The van der Waals surface area contributed by atoms with Crippen molar-refractivity contribution >= 4 is 10.0 Å². The topological polar surface area (TPSA) is 55.2 Å². The van der Waals surface area contributed by atoms with Gasteiger partial charge in [-0.1, -0.05) is 12.1 Å². The van der Waals surface area contributed by atoms with Crippen molar-refractivity contribution in [1.82, 2.24) is 14.1 Å². The van der Waals surface area contributed by atoms with E-state index >= 15 is 0 Å². The number of sulfonamides is 1. The molecule has 2 rings (SSSR count). The van der Waals surface area contributed by atoms with Crippen LogP contribution in [0.4, 0.5) is 13.2 Å². The van der Waals surface area contributed by atoms with Crippen LogP contribution in [0.5, 0.6) is 0 Å². The van der Waals surface area contributed by atoms with Crippen molar-refractivity contribution in [2.75, 3.05) is 7.05 Å². The lowest BCUT2D eigenvalue weighted by molar-refractivity contribution is -0.139. The van der Waals surface area contributed by atoms with Crippen LogP contribution in [0, 0.1) is 13.8 Å². The number of nitrogens with zero attached hydrogens (tertiary/aromatic N) is 3. The molecule has 132 valence electrons. The van der Waals surface area contributed by atoms with Crippen molar-refractivity contribution in [2.24, 2.45) is 7.05 Å². The number of aryl methyl sites for hydroxylation is 2. The summed E-state index contributed by atoms with van der Waals surface area (Å²) in [6.45, 7) is 3.45. The van der Waals surface area contributed by atoms with Crippen LogP contribution < -0.4 is 0 Å². The normalized spacial score (nSPS) is 12.8. The van der Waals surface area contributed by atoms with Crippen LogP contribution in [-0.4, -0.2) is 29.6 Å². The van der Waals surface area contributed by atoms with Crippen LogP contribution >= 0.6 is 0 Å². The first-order valence-electron chi connectivity index (χ1n) is 7.08. The Morgan fingerprint density at radius 1 is 1.21 bits per heavy atom. The molecule has 5 nitrogen and oxygen atoms in total. The van der Waals surface area contributed by atoms with Crippen molar-refractivity contribution in [3.05, 3.63) is 46.8 Å². The van der Waals surface area contributed by atoms with Crippen LogP contribution in [0.2, 0.25) is 0 Å². The Morgan fingerprint density at radius 3 is 2.29 bits per heavy atom. The number of benzene rings is 1. The minimum atomic E-state index is -4.75. The molecule has 24 heavy (non-hydrogen) atoms. The number of halogens is 3. The highest BCUT2D eigenvalue weighted by molar-refractivity contribution is 7.89. The molecule has 0 fully saturated rings. The Balaban J connectivity index is 2.45. The minimum Gasteiger partial charge on any atom is -0.272 e.